The van der Waals surface area contributed by atoms with Crippen molar-refractivity contribution in [2.24, 2.45) is 5.10 Å². The fourth-order valence-corrected chi connectivity index (χ4v) is 0.771. The van der Waals surface area contributed by atoms with E-state index in [4.69, 9.17) is 5.73 Å². The number of anilines is 1. The van der Waals surface area contributed by atoms with Crippen LogP contribution in [0.2, 0.25) is 0 Å². The van der Waals surface area contributed by atoms with Crippen molar-refractivity contribution in [1.82, 2.24) is 5.43 Å². The van der Waals surface area contributed by atoms with Gasteiger partial charge in [-0.15, -0.1) is 0 Å². The second kappa shape index (κ2) is 3.52. The third-order valence-corrected chi connectivity index (χ3v) is 1.35. The Morgan fingerprint density at radius 1 is 1.42 bits per heavy atom. The number of carbonyl (C=O) groups is 1. The van der Waals surface area contributed by atoms with E-state index in [9.17, 15) is 4.79 Å². The summed E-state index contributed by atoms with van der Waals surface area (Å²) in [6.45, 7) is 3.14. The fraction of sp³-hybridized carbons (Fsp3) is 0. The van der Waals surface area contributed by atoms with Crippen LogP contribution in [0.5, 0.6) is 0 Å². The first-order valence-corrected chi connectivity index (χ1v) is 3.35. The summed E-state index contributed by atoms with van der Waals surface area (Å²) in [6.07, 6.45) is 0. The zero-order valence-electron chi connectivity index (χ0n) is 6.45. The Balaban J connectivity index is 2.82. The molecule has 1 rings (SSSR count). The van der Waals surface area contributed by atoms with Gasteiger partial charge in [0.25, 0.3) is 5.91 Å². The summed E-state index contributed by atoms with van der Waals surface area (Å²) in [4.78, 5) is 11.1. The van der Waals surface area contributed by atoms with Crippen LogP contribution in [0.3, 0.4) is 0 Å². The Morgan fingerprint density at radius 3 is 2.50 bits per heavy atom. The van der Waals surface area contributed by atoms with Crippen molar-refractivity contribution in [3.05, 3.63) is 29.8 Å². The van der Waals surface area contributed by atoms with E-state index in [0.29, 0.717) is 11.3 Å². The number of carbonyl (C=O) groups excluding carboxylic acids is 1. The topological polar surface area (TPSA) is 67.5 Å². The molecule has 1 amide bonds. The highest BCUT2D eigenvalue weighted by molar-refractivity contribution is 5.94. The van der Waals surface area contributed by atoms with Gasteiger partial charge in [0.1, 0.15) is 0 Å². The average molecular weight is 163 g/mol. The second-order valence-electron chi connectivity index (χ2n) is 2.22. The molecule has 12 heavy (non-hydrogen) atoms. The normalized spacial score (nSPS) is 9.00. The molecule has 0 aliphatic carbocycles. The van der Waals surface area contributed by atoms with E-state index in [1.165, 1.54) is 0 Å². The molecular weight excluding hydrogens is 154 g/mol. The minimum atomic E-state index is -0.287. The number of hydrogen-bond acceptors (Lipinski definition) is 3. The van der Waals surface area contributed by atoms with E-state index in [2.05, 4.69) is 17.2 Å². The Bertz CT molecular complexity index is 292. The lowest BCUT2D eigenvalue weighted by atomic mass is 10.2. The lowest BCUT2D eigenvalue weighted by molar-refractivity contribution is 0.0955. The van der Waals surface area contributed by atoms with Crippen LogP contribution in [0.25, 0.3) is 0 Å². The predicted molar refractivity (Wildman–Crippen MR) is 47.9 cm³/mol. The van der Waals surface area contributed by atoms with E-state index >= 15 is 0 Å². The van der Waals surface area contributed by atoms with E-state index in [1.54, 1.807) is 24.3 Å². The van der Waals surface area contributed by atoms with Crippen LogP contribution in [-0.2, 0) is 0 Å². The highest BCUT2D eigenvalue weighted by Crippen LogP contribution is 2.04. The molecule has 0 spiro atoms. The van der Waals surface area contributed by atoms with Gasteiger partial charge in [-0.05, 0) is 24.3 Å². The van der Waals surface area contributed by atoms with Crippen LogP contribution in [0, 0.1) is 0 Å². The molecule has 0 aromatic heterocycles. The molecule has 0 bridgehead atoms. The van der Waals surface area contributed by atoms with Crippen molar-refractivity contribution >= 4 is 18.3 Å². The van der Waals surface area contributed by atoms with Crippen molar-refractivity contribution in [1.29, 1.82) is 0 Å². The highest BCUT2D eigenvalue weighted by atomic mass is 16.2. The van der Waals surface area contributed by atoms with Gasteiger partial charge in [-0.25, -0.2) is 5.43 Å². The molecule has 0 atom stereocenters. The Hall–Kier alpha value is -1.84. The number of amides is 1. The molecule has 0 unspecified atom stereocenters. The summed E-state index contributed by atoms with van der Waals surface area (Å²) in [7, 11) is 0. The molecule has 0 aliphatic heterocycles. The second-order valence-corrected chi connectivity index (χ2v) is 2.22. The van der Waals surface area contributed by atoms with Gasteiger partial charge in [-0.3, -0.25) is 4.79 Å². The quantitative estimate of drug-likeness (QED) is 0.381. The third kappa shape index (κ3) is 1.82. The largest absolute Gasteiger partial charge is 0.399 e. The van der Waals surface area contributed by atoms with Gasteiger partial charge in [0, 0.05) is 18.0 Å². The number of nitrogens with one attached hydrogen (secondary N) is 1. The first kappa shape index (κ1) is 8.26. The van der Waals surface area contributed by atoms with Crippen LogP contribution < -0.4 is 11.2 Å². The summed E-state index contributed by atoms with van der Waals surface area (Å²) >= 11 is 0. The number of hydrogen-bond donors (Lipinski definition) is 2. The van der Waals surface area contributed by atoms with Crippen LogP contribution in [0.1, 0.15) is 10.4 Å². The minimum Gasteiger partial charge on any atom is -0.399 e. The summed E-state index contributed by atoms with van der Waals surface area (Å²) in [6, 6.07) is 6.54. The monoisotopic (exact) mass is 163 g/mol. The number of benzene rings is 1. The molecule has 3 N–H and O–H groups in total. The van der Waals surface area contributed by atoms with E-state index < -0.39 is 0 Å². The molecule has 0 saturated carbocycles. The van der Waals surface area contributed by atoms with Gasteiger partial charge >= 0.3 is 0 Å². The molecule has 1 aromatic rings. The predicted octanol–water partition coefficient (Wildman–Crippen LogP) is 0.614. The molecule has 1 aromatic carbocycles. The first-order chi connectivity index (χ1) is 5.74. The maximum absolute atomic E-state index is 11.1. The molecule has 0 saturated heterocycles. The Morgan fingerprint density at radius 2 is 2.00 bits per heavy atom. The van der Waals surface area contributed by atoms with Crippen molar-refractivity contribution in [2.75, 3.05) is 5.73 Å². The maximum atomic E-state index is 11.1. The van der Waals surface area contributed by atoms with Gasteiger partial charge in [0.05, 0.1) is 0 Å². The van der Waals surface area contributed by atoms with Crippen molar-refractivity contribution in [3.63, 3.8) is 0 Å². The summed E-state index contributed by atoms with van der Waals surface area (Å²) in [5, 5.41) is 3.25. The number of nitrogen functional groups attached to an aromatic ring is 1. The fourth-order valence-electron chi connectivity index (χ4n) is 0.771. The number of hydrazone groups is 1. The SMILES string of the molecule is C=NNC(=O)c1ccc(N)cc1. The van der Waals surface area contributed by atoms with Gasteiger partial charge in [-0.1, -0.05) is 0 Å². The molecule has 0 heterocycles. The molecule has 4 nitrogen and oxygen atoms in total. The zero-order chi connectivity index (χ0) is 8.97. The van der Waals surface area contributed by atoms with Crippen LogP contribution >= 0.6 is 0 Å². The van der Waals surface area contributed by atoms with Gasteiger partial charge in [0.2, 0.25) is 0 Å². The van der Waals surface area contributed by atoms with Gasteiger partial charge < -0.3 is 5.73 Å². The standard InChI is InChI=1S/C8H9N3O/c1-10-11-8(12)6-2-4-7(9)5-3-6/h2-5H,1,9H2,(H,11,12). The van der Waals surface area contributed by atoms with Crippen molar-refractivity contribution < 1.29 is 4.79 Å². The number of nitrogens with two attached hydrogens (primary N) is 1. The van der Waals surface area contributed by atoms with Crippen molar-refractivity contribution in [2.45, 2.75) is 0 Å². The lowest BCUT2D eigenvalue weighted by Gasteiger charge is -1.98. The highest BCUT2D eigenvalue weighted by Gasteiger charge is 2.01. The van der Waals surface area contributed by atoms with E-state index in [1.807, 2.05) is 0 Å². The van der Waals surface area contributed by atoms with Gasteiger partial charge in [0.15, 0.2) is 0 Å². The van der Waals surface area contributed by atoms with Crippen LogP contribution in [0.4, 0.5) is 5.69 Å². The van der Waals surface area contributed by atoms with E-state index in [0.717, 1.165) is 0 Å². The molecule has 62 valence electrons. The number of rotatable bonds is 2. The van der Waals surface area contributed by atoms with Crippen LogP contribution in [-0.4, -0.2) is 12.6 Å². The maximum Gasteiger partial charge on any atom is 0.271 e. The van der Waals surface area contributed by atoms with Crippen LogP contribution in [0.15, 0.2) is 29.4 Å². The Kier molecular flexibility index (Phi) is 2.42. The third-order valence-electron chi connectivity index (χ3n) is 1.35. The smallest absolute Gasteiger partial charge is 0.271 e. The zero-order valence-corrected chi connectivity index (χ0v) is 6.45. The first-order valence-electron chi connectivity index (χ1n) is 3.35. The summed E-state index contributed by atoms with van der Waals surface area (Å²) in [5.74, 6) is -0.287. The molecule has 0 aliphatic rings. The minimum absolute atomic E-state index is 0.287. The molecule has 4 heteroatoms. The summed E-state index contributed by atoms with van der Waals surface area (Å²) in [5.41, 5.74) is 8.78. The number of nitrogens with zero attached hydrogens (tertiary/aromatic N) is 1. The van der Waals surface area contributed by atoms with E-state index in [-0.39, 0.29) is 5.91 Å². The molecular formula is C8H9N3O. The molecule has 0 fully saturated rings. The summed E-state index contributed by atoms with van der Waals surface area (Å²) < 4.78 is 0. The van der Waals surface area contributed by atoms with Crippen molar-refractivity contribution in [3.8, 4) is 0 Å². The average Bonchev–Trinajstić information content (AvgIpc) is 2.06. The molecule has 0 radical (unpaired) electrons. The Labute approximate surface area is 70.1 Å². The van der Waals surface area contributed by atoms with Gasteiger partial charge in [-0.2, -0.15) is 5.10 Å². The lowest BCUT2D eigenvalue weighted by Crippen LogP contribution is -2.16.